The van der Waals surface area contributed by atoms with Crippen molar-refractivity contribution >= 4 is 10.8 Å². The zero-order valence-electron chi connectivity index (χ0n) is 28.2. The molecule has 0 amide bonds. The van der Waals surface area contributed by atoms with Gasteiger partial charge in [0.1, 0.15) is 0 Å². The summed E-state index contributed by atoms with van der Waals surface area (Å²) in [6, 6.07) is 50.3. The molecule has 0 saturated carbocycles. The van der Waals surface area contributed by atoms with Crippen LogP contribution in [-0.2, 0) is 5.41 Å². The highest BCUT2D eigenvalue weighted by Gasteiger charge is 2.39. The molecule has 9 rings (SSSR count). The summed E-state index contributed by atoms with van der Waals surface area (Å²) in [7, 11) is 0. The molecule has 6 aromatic carbocycles. The van der Waals surface area contributed by atoms with Gasteiger partial charge in [-0.25, -0.2) is 15.0 Å². The highest BCUT2D eigenvalue weighted by molar-refractivity contribution is 6.04. The molecule has 0 fully saturated rings. The van der Waals surface area contributed by atoms with Gasteiger partial charge >= 0.3 is 0 Å². The molecule has 0 radical (unpaired) electrons. The monoisotopic (exact) mass is 653 g/mol. The number of nitrogens with zero attached hydrogens (tertiary/aromatic N) is 5. The van der Waals surface area contributed by atoms with Gasteiger partial charge < -0.3 is 0 Å². The lowest BCUT2D eigenvalue weighted by molar-refractivity contribution is 0.659. The first kappa shape index (κ1) is 30.3. The van der Waals surface area contributed by atoms with Crippen LogP contribution >= 0.6 is 0 Å². The van der Waals surface area contributed by atoms with Gasteiger partial charge in [-0.05, 0) is 86.1 Å². The van der Waals surface area contributed by atoms with Crippen LogP contribution in [0.15, 0.2) is 152 Å². The predicted octanol–water partition coefficient (Wildman–Crippen LogP) is 10.9. The van der Waals surface area contributed by atoms with Crippen LogP contribution < -0.4 is 0 Å². The summed E-state index contributed by atoms with van der Waals surface area (Å²) < 4.78 is 0. The maximum atomic E-state index is 10.3. The molecular weight excluding hydrogens is 623 g/mol. The van der Waals surface area contributed by atoms with Crippen molar-refractivity contribution in [2.45, 2.75) is 19.3 Å². The lowest BCUT2D eigenvalue weighted by atomic mass is 9.79. The maximum absolute atomic E-state index is 10.3. The van der Waals surface area contributed by atoms with E-state index in [2.05, 4.69) is 85.6 Å². The van der Waals surface area contributed by atoms with Gasteiger partial charge in [-0.15, -0.1) is 0 Å². The lowest BCUT2D eigenvalue weighted by Crippen LogP contribution is -2.16. The third kappa shape index (κ3) is 5.17. The zero-order chi connectivity index (χ0) is 34.5. The number of aromatic nitrogens is 4. The lowest BCUT2D eigenvalue weighted by Gasteiger charge is -2.23. The molecule has 0 bridgehead atoms. The number of nitriles is 1. The normalized spacial score (nSPS) is 12.6. The highest BCUT2D eigenvalue weighted by atomic mass is 15.0. The molecule has 2 heterocycles. The molecule has 0 spiro atoms. The molecule has 0 aliphatic heterocycles. The van der Waals surface area contributed by atoms with Gasteiger partial charge in [0.05, 0.1) is 11.6 Å². The second-order valence-corrected chi connectivity index (χ2v) is 13.5. The van der Waals surface area contributed by atoms with Crippen LogP contribution in [0.2, 0.25) is 0 Å². The van der Waals surface area contributed by atoms with Gasteiger partial charge in [-0.3, -0.25) is 4.98 Å². The Balaban J connectivity index is 1.25. The molecular formula is C46H31N5. The van der Waals surface area contributed by atoms with Crippen molar-refractivity contribution in [1.82, 2.24) is 19.9 Å². The summed E-state index contributed by atoms with van der Waals surface area (Å²) in [6.07, 6.45) is 3.68. The Bertz CT molecular complexity index is 2600. The molecule has 2 aromatic heterocycles. The van der Waals surface area contributed by atoms with Crippen molar-refractivity contribution in [3.05, 3.63) is 169 Å². The topological polar surface area (TPSA) is 75.3 Å². The van der Waals surface area contributed by atoms with Crippen LogP contribution in [0.1, 0.15) is 30.5 Å². The number of benzene rings is 6. The number of hydrogen-bond donors (Lipinski definition) is 0. The molecule has 0 N–H and O–H groups in total. The third-order valence-electron chi connectivity index (χ3n) is 9.98. The average Bonchev–Trinajstić information content (AvgIpc) is 3.44. The molecule has 1 aliphatic rings. The van der Waals surface area contributed by atoms with E-state index < -0.39 is 0 Å². The van der Waals surface area contributed by atoms with E-state index in [0.29, 0.717) is 17.5 Å². The van der Waals surface area contributed by atoms with Crippen LogP contribution in [-0.4, -0.2) is 19.9 Å². The fraction of sp³-hybridized carbons (Fsp3) is 0.0652. The highest BCUT2D eigenvalue weighted by Crippen LogP contribution is 2.53. The van der Waals surface area contributed by atoms with Crippen LogP contribution in [0.5, 0.6) is 0 Å². The van der Waals surface area contributed by atoms with Crippen LogP contribution in [0.4, 0.5) is 0 Å². The molecule has 51 heavy (non-hydrogen) atoms. The molecule has 0 unspecified atom stereocenters. The summed E-state index contributed by atoms with van der Waals surface area (Å²) >= 11 is 0. The smallest absolute Gasteiger partial charge is 0.164 e. The van der Waals surface area contributed by atoms with E-state index in [1.54, 1.807) is 6.20 Å². The fourth-order valence-electron chi connectivity index (χ4n) is 7.52. The van der Waals surface area contributed by atoms with Crippen LogP contribution in [0.3, 0.4) is 0 Å². The summed E-state index contributed by atoms with van der Waals surface area (Å²) in [6.45, 7) is 4.46. The average molecular weight is 654 g/mol. The first-order valence-electron chi connectivity index (χ1n) is 17.0. The van der Waals surface area contributed by atoms with Crippen LogP contribution in [0, 0.1) is 11.3 Å². The molecule has 0 atom stereocenters. The van der Waals surface area contributed by atoms with E-state index in [9.17, 15) is 5.26 Å². The van der Waals surface area contributed by atoms with Crippen molar-refractivity contribution in [1.29, 1.82) is 5.26 Å². The van der Waals surface area contributed by atoms with Crippen molar-refractivity contribution < 1.29 is 0 Å². The molecule has 240 valence electrons. The minimum absolute atomic E-state index is 0.372. The maximum Gasteiger partial charge on any atom is 0.164 e. The van der Waals surface area contributed by atoms with E-state index >= 15 is 0 Å². The van der Waals surface area contributed by atoms with Crippen molar-refractivity contribution in [2.24, 2.45) is 0 Å². The summed E-state index contributed by atoms with van der Waals surface area (Å²) in [5, 5.41) is 12.5. The van der Waals surface area contributed by atoms with Crippen molar-refractivity contribution in [2.75, 3.05) is 0 Å². The number of rotatable bonds is 5. The van der Waals surface area contributed by atoms with E-state index in [4.69, 9.17) is 15.0 Å². The van der Waals surface area contributed by atoms with E-state index in [1.807, 2.05) is 85.1 Å². The second-order valence-electron chi connectivity index (χ2n) is 13.5. The Labute approximate surface area is 296 Å². The van der Waals surface area contributed by atoms with Gasteiger partial charge in [0.15, 0.2) is 17.5 Å². The van der Waals surface area contributed by atoms with Crippen molar-refractivity contribution in [3.63, 3.8) is 0 Å². The number of pyridine rings is 1. The zero-order valence-corrected chi connectivity index (χ0v) is 28.2. The van der Waals surface area contributed by atoms with Gasteiger partial charge in [0.25, 0.3) is 0 Å². The Morgan fingerprint density at radius 3 is 1.76 bits per heavy atom. The molecule has 5 heteroatoms. The Morgan fingerprint density at radius 1 is 0.529 bits per heavy atom. The number of hydrogen-bond acceptors (Lipinski definition) is 5. The number of fused-ring (bicyclic) bond motifs is 5. The predicted molar refractivity (Wildman–Crippen MR) is 205 cm³/mol. The van der Waals surface area contributed by atoms with Gasteiger partial charge in [0, 0.05) is 40.1 Å². The first-order valence-corrected chi connectivity index (χ1v) is 17.0. The Morgan fingerprint density at radius 2 is 1.12 bits per heavy atom. The molecule has 5 nitrogen and oxygen atoms in total. The molecule has 0 saturated heterocycles. The van der Waals surface area contributed by atoms with Crippen molar-refractivity contribution in [3.8, 4) is 73.6 Å². The largest absolute Gasteiger partial charge is 0.264 e. The first-order chi connectivity index (χ1) is 25.0. The standard InChI is InChI=1S/C46H31N5/c1-46(2)40-26-31(19-20-39(40)41-38-18-10-9-16-32(38)22-37(27-47)42(41)46)34-23-35(33-17-11-21-48-28-33)25-36(24-34)45-50-43(29-12-5-3-6-13-29)49-44(51-45)30-14-7-4-8-15-30/h3-26,28H,1-2H3. The van der Waals surface area contributed by atoms with E-state index in [0.717, 1.165) is 61.0 Å². The summed E-state index contributed by atoms with van der Waals surface area (Å²) in [4.78, 5) is 19.5. The second kappa shape index (κ2) is 12.0. The minimum Gasteiger partial charge on any atom is -0.264 e. The minimum atomic E-state index is -0.372. The van der Waals surface area contributed by atoms with Gasteiger partial charge in [0.2, 0.25) is 0 Å². The van der Waals surface area contributed by atoms with E-state index in [-0.39, 0.29) is 5.41 Å². The Kier molecular flexibility index (Phi) is 7.12. The quantitative estimate of drug-likeness (QED) is 0.185. The van der Waals surface area contributed by atoms with E-state index in [1.165, 1.54) is 16.5 Å². The fourth-order valence-corrected chi connectivity index (χ4v) is 7.52. The summed E-state index contributed by atoms with van der Waals surface area (Å²) in [5.41, 5.74) is 11.8. The molecule has 1 aliphatic carbocycles. The Hall–Kier alpha value is -6.77. The SMILES string of the molecule is CC1(C)c2cc(-c3cc(-c4cccnc4)cc(-c4nc(-c5ccccc5)nc(-c5ccccc5)n4)c3)ccc2-c2c1c(C#N)cc1ccccc21. The summed E-state index contributed by atoms with van der Waals surface area (Å²) in [5.74, 6) is 1.82. The molecule has 8 aromatic rings. The van der Waals surface area contributed by atoms with Crippen LogP contribution in [0.25, 0.3) is 78.3 Å². The third-order valence-corrected chi connectivity index (χ3v) is 9.98. The van der Waals surface area contributed by atoms with Gasteiger partial charge in [-0.1, -0.05) is 117 Å². The van der Waals surface area contributed by atoms with Gasteiger partial charge in [-0.2, -0.15) is 5.26 Å².